The van der Waals surface area contributed by atoms with Gasteiger partial charge in [0.25, 0.3) is 0 Å². The van der Waals surface area contributed by atoms with Gasteiger partial charge in [-0.2, -0.15) is 5.10 Å². The van der Waals surface area contributed by atoms with Crippen LogP contribution >= 0.6 is 12.2 Å². The third kappa shape index (κ3) is 1.62. The fourth-order valence-corrected chi connectivity index (χ4v) is 2.17. The predicted octanol–water partition coefficient (Wildman–Crippen LogP) is 0.200. The van der Waals surface area contributed by atoms with Crippen LogP contribution in [-0.4, -0.2) is 26.6 Å². The van der Waals surface area contributed by atoms with Crippen molar-refractivity contribution in [3.05, 3.63) is 11.8 Å². The van der Waals surface area contributed by atoms with E-state index in [-0.39, 0.29) is 28.6 Å². The minimum Gasteiger partial charge on any atom is -0.389 e. The Kier molecular flexibility index (Phi) is 2.94. The van der Waals surface area contributed by atoms with Gasteiger partial charge in [0, 0.05) is 18.9 Å². The lowest BCUT2D eigenvalue weighted by Crippen LogP contribution is -2.34. The highest BCUT2D eigenvalue weighted by molar-refractivity contribution is 7.80. The summed E-state index contributed by atoms with van der Waals surface area (Å²) in [5.41, 5.74) is 6.02. The van der Waals surface area contributed by atoms with Crippen molar-refractivity contribution in [2.45, 2.75) is 13.8 Å². The van der Waals surface area contributed by atoms with Crippen LogP contribution in [0.4, 0.5) is 5.82 Å². The predicted molar refractivity (Wildman–Crippen MR) is 69.9 cm³/mol. The molecule has 7 heteroatoms. The van der Waals surface area contributed by atoms with Gasteiger partial charge >= 0.3 is 0 Å². The molecule has 2 atom stereocenters. The third-order valence-corrected chi connectivity index (χ3v) is 3.57. The van der Waals surface area contributed by atoms with E-state index in [1.165, 1.54) is 10.9 Å². The first-order valence-electron chi connectivity index (χ1n) is 5.55. The van der Waals surface area contributed by atoms with Gasteiger partial charge in [-0.3, -0.25) is 14.3 Å². The van der Waals surface area contributed by atoms with E-state index in [2.05, 4.69) is 5.10 Å². The first-order chi connectivity index (χ1) is 8.36. The standard InChI is InChI=1S/C11H14N4O2S/c1-5-6(2)11(17)15(10(5)16)9-7(8(12)18)4-13-14(9)3/h4-6H,1-3H3,(H2,12,18). The average molecular weight is 266 g/mol. The molecule has 6 nitrogen and oxygen atoms in total. The molecule has 1 aliphatic rings. The van der Waals surface area contributed by atoms with Crippen LogP contribution in [0.5, 0.6) is 0 Å². The summed E-state index contributed by atoms with van der Waals surface area (Å²) in [5.74, 6) is -0.811. The topological polar surface area (TPSA) is 81.2 Å². The van der Waals surface area contributed by atoms with Crippen molar-refractivity contribution in [3.63, 3.8) is 0 Å². The molecule has 1 saturated heterocycles. The zero-order valence-electron chi connectivity index (χ0n) is 10.4. The maximum Gasteiger partial charge on any atom is 0.238 e. The van der Waals surface area contributed by atoms with Crippen LogP contribution in [0.3, 0.4) is 0 Å². The summed E-state index contributed by atoms with van der Waals surface area (Å²) in [7, 11) is 1.64. The second-order valence-electron chi connectivity index (χ2n) is 4.46. The minimum atomic E-state index is -0.341. The van der Waals surface area contributed by atoms with Gasteiger partial charge in [-0.25, -0.2) is 4.90 Å². The number of carbonyl (C=O) groups is 2. The molecule has 2 rings (SSSR count). The summed E-state index contributed by atoms with van der Waals surface area (Å²) in [6.07, 6.45) is 1.46. The van der Waals surface area contributed by atoms with E-state index < -0.39 is 0 Å². The zero-order valence-corrected chi connectivity index (χ0v) is 11.2. The van der Waals surface area contributed by atoms with Crippen molar-refractivity contribution < 1.29 is 9.59 Å². The highest BCUT2D eigenvalue weighted by atomic mass is 32.1. The van der Waals surface area contributed by atoms with E-state index in [1.54, 1.807) is 20.9 Å². The Balaban J connectivity index is 2.56. The number of rotatable bonds is 2. The quantitative estimate of drug-likeness (QED) is 0.611. The van der Waals surface area contributed by atoms with Crippen molar-refractivity contribution in [1.82, 2.24) is 9.78 Å². The van der Waals surface area contributed by atoms with Crippen LogP contribution in [0, 0.1) is 11.8 Å². The first-order valence-corrected chi connectivity index (χ1v) is 5.96. The number of amides is 2. The summed E-state index contributed by atoms with van der Waals surface area (Å²) in [6, 6.07) is 0. The number of aromatic nitrogens is 2. The molecule has 2 unspecified atom stereocenters. The molecule has 1 fully saturated rings. The number of thiocarbonyl (C=S) groups is 1. The number of anilines is 1. The molecule has 2 N–H and O–H groups in total. The Labute approximate surface area is 110 Å². The largest absolute Gasteiger partial charge is 0.389 e. The monoisotopic (exact) mass is 266 g/mol. The van der Waals surface area contributed by atoms with E-state index >= 15 is 0 Å². The highest BCUT2D eigenvalue weighted by Gasteiger charge is 2.45. The van der Waals surface area contributed by atoms with Crippen molar-refractivity contribution in [1.29, 1.82) is 0 Å². The average Bonchev–Trinajstić information content (AvgIpc) is 2.76. The fourth-order valence-electron chi connectivity index (χ4n) is 2.02. The van der Waals surface area contributed by atoms with E-state index in [9.17, 15) is 9.59 Å². The number of aryl methyl sites for hydroxylation is 1. The first kappa shape index (κ1) is 12.7. The van der Waals surface area contributed by atoms with Crippen LogP contribution in [-0.2, 0) is 16.6 Å². The summed E-state index contributed by atoms with van der Waals surface area (Å²) in [5, 5.41) is 4.00. The number of nitrogens with two attached hydrogens (primary N) is 1. The molecule has 2 amide bonds. The SMILES string of the molecule is CC1C(=O)N(c2c(C(N)=S)cnn2C)C(=O)C1C. The molecule has 0 saturated carbocycles. The maximum atomic E-state index is 12.1. The second-order valence-corrected chi connectivity index (χ2v) is 4.90. The van der Waals surface area contributed by atoms with Gasteiger partial charge < -0.3 is 5.73 Å². The van der Waals surface area contributed by atoms with Crippen LogP contribution in [0.2, 0.25) is 0 Å². The Morgan fingerprint density at radius 2 is 1.83 bits per heavy atom. The van der Waals surface area contributed by atoms with Gasteiger partial charge in [0.15, 0.2) is 5.82 Å². The molecule has 1 aromatic heterocycles. The van der Waals surface area contributed by atoms with E-state index in [1.807, 2.05) is 0 Å². The summed E-state index contributed by atoms with van der Waals surface area (Å²) in [6.45, 7) is 3.48. The number of hydrogen-bond acceptors (Lipinski definition) is 4. The summed E-state index contributed by atoms with van der Waals surface area (Å²) in [4.78, 5) is 25.5. The lowest BCUT2D eigenvalue weighted by Gasteiger charge is -2.16. The molecule has 0 radical (unpaired) electrons. The summed E-state index contributed by atoms with van der Waals surface area (Å²) >= 11 is 4.91. The Morgan fingerprint density at radius 1 is 1.33 bits per heavy atom. The third-order valence-electron chi connectivity index (χ3n) is 3.35. The normalized spacial score (nSPS) is 23.8. The van der Waals surface area contributed by atoms with Gasteiger partial charge in [0.1, 0.15) is 4.99 Å². The van der Waals surface area contributed by atoms with Crippen molar-refractivity contribution in [2.75, 3.05) is 4.90 Å². The molecule has 0 bridgehead atoms. The summed E-state index contributed by atoms with van der Waals surface area (Å²) < 4.78 is 1.44. The van der Waals surface area contributed by atoms with E-state index in [0.717, 1.165) is 4.90 Å². The van der Waals surface area contributed by atoms with Crippen LogP contribution in [0.15, 0.2) is 6.20 Å². The molecule has 18 heavy (non-hydrogen) atoms. The lowest BCUT2D eigenvalue weighted by molar-refractivity contribution is -0.122. The molecule has 0 aliphatic carbocycles. The molecular formula is C11H14N4O2S. The number of hydrogen-bond donors (Lipinski definition) is 1. The smallest absolute Gasteiger partial charge is 0.238 e. The van der Waals surface area contributed by atoms with Gasteiger partial charge in [-0.1, -0.05) is 26.1 Å². The molecule has 96 valence electrons. The molecular weight excluding hydrogens is 252 g/mol. The highest BCUT2D eigenvalue weighted by Crippen LogP contribution is 2.32. The maximum absolute atomic E-state index is 12.1. The minimum absolute atomic E-state index is 0.117. The number of carbonyl (C=O) groups excluding carboxylic acids is 2. The van der Waals surface area contributed by atoms with E-state index in [0.29, 0.717) is 11.4 Å². The molecule has 0 aromatic carbocycles. The van der Waals surface area contributed by atoms with E-state index in [4.69, 9.17) is 18.0 Å². The Morgan fingerprint density at radius 3 is 2.28 bits per heavy atom. The Bertz CT molecular complexity index is 531. The van der Waals surface area contributed by atoms with Crippen LogP contribution in [0.25, 0.3) is 0 Å². The van der Waals surface area contributed by atoms with Crippen LogP contribution < -0.4 is 10.6 Å². The van der Waals surface area contributed by atoms with Crippen LogP contribution in [0.1, 0.15) is 19.4 Å². The van der Waals surface area contributed by atoms with Crippen molar-refractivity contribution in [3.8, 4) is 0 Å². The fraction of sp³-hybridized carbons (Fsp3) is 0.455. The van der Waals surface area contributed by atoms with Gasteiger partial charge in [-0.15, -0.1) is 0 Å². The Hall–Kier alpha value is -1.76. The molecule has 1 aliphatic heterocycles. The van der Waals surface area contributed by atoms with Crippen molar-refractivity contribution in [2.24, 2.45) is 24.6 Å². The molecule has 1 aromatic rings. The molecule has 0 spiro atoms. The number of imide groups is 1. The second kappa shape index (κ2) is 4.16. The van der Waals surface area contributed by atoms with Gasteiger partial charge in [0.05, 0.1) is 11.8 Å². The van der Waals surface area contributed by atoms with Gasteiger partial charge in [0.2, 0.25) is 11.8 Å². The lowest BCUT2D eigenvalue weighted by atomic mass is 10.00. The zero-order chi connectivity index (χ0) is 13.6. The number of nitrogens with zero attached hydrogens (tertiary/aromatic N) is 3. The van der Waals surface area contributed by atoms with Crippen molar-refractivity contribution >= 4 is 34.8 Å². The van der Waals surface area contributed by atoms with Gasteiger partial charge in [-0.05, 0) is 0 Å². The molecule has 2 heterocycles.